The minimum absolute atomic E-state index is 0.0905. The zero-order valence-corrected chi connectivity index (χ0v) is 18.6. The largest absolute Gasteiger partial charge is 0.370 e. The van der Waals surface area contributed by atoms with Gasteiger partial charge in [-0.25, -0.2) is 9.99 Å². The molecule has 0 saturated carbocycles. The summed E-state index contributed by atoms with van der Waals surface area (Å²) in [6.45, 7) is 5.75. The number of aromatic nitrogens is 3. The first-order valence-electron chi connectivity index (χ1n) is 10.3. The maximum atomic E-state index is 6.11. The van der Waals surface area contributed by atoms with Crippen molar-refractivity contribution in [3.05, 3.63) is 51.9 Å². The number of thioether (sulfide) groups is 1. The van der Waals surface area contributed by atoms with Crippen LogP contribution in [0.2, 0.25) is 0 Å². The van der Waals surface area contributed by atoms with Crippen LogP contribution in [0.5, 0.6) is 0 Å². The van der Waals surface area contributed by atoms with E-state index in [9.17, 15) is 0 Å². The highest BCUT2D eigenvalue weighted by molar-refractivity contribution is 7.99. The van der Waals surface area contributed by atoms with Gasteiger partial charge in [-0.1, -0.05) is 42.1 Å². The Morgan fingerprint density at radius 3 is 3.00 bits per heavy atom. The number of hydrogen-bond donors (Lipinski definition) is 2. The van der Waals surface area contributed by atoms with Gasteiger partial charge in [0.2, 0.25) is 5.95 Å². The fourth-order valence-electron chi connectivity index (χ4n) is 4.43. The van der Waals surface area contributed by atoms with Crippen LogP contribution < -0.4 is 15.8 Å². The molecule has 9 heteroatoms. The molecule has 1 unspecified atom stereocenters. The monoisotopic (exact) mass is 440 g/mol. The smallest absolute Gasteiger partial charge is 0.249 e. The van der Waals surface area contributed by atoms with E-state index in [1.807, 2.05) is 11.3 Å². The Labute approximate surface area is 183 Å². The summed E-state index contributed by atoms with van der Waals surface area (Å²) < 4.78 is 8.34. The third-order valence-electron chi connectivity index (χ3n) is 5.88. The summed E-state index contributed by atoms with van der Waals surface area (Å²) in [5, 5.41) is 17.0. The Hall–Kier alpha value is -1.91. The summed E-state index contributed by atoms with van der Waals surface area (Å²) in [7, 11) is 0. The first kappa shape index (κ1) is 18.8. The topological polar surface area (TPSA) is 67.2 Å². The molecule has 1 atom stereocenters. The number of nitrogens with zero attached hydrogens (tertiary/aromatic N) is 4. The molecule has 3 aliphatic rings. The van der Waals surface area contributed by atoms with Crippen molar-refractivity contribution in [3.8, 4) is 5.00 Å². The molecule has 0 radical (unpaired) electrons. The lowest BCUT2D eigenvalue weighted by molar-refractivity contribution is -0.0385. The molecule has 1 saturated heterocycles. The van der Waals surface area contributed by atoms with Gasteiger partial charge in [0.25, 0.3) is 0 Å². The van der Waals surface area contributed by atoms with Crippen molar-refractivity contribution >= 4 is 29.0 Å². The van der Waals surface area contributed by atoms with Crippen molar-refractivity contribution in [1.29, 1.82) is 0 Å². The Bertz CT molecular complexity index is 1090. The minimum atomic E-state index is -0.139. The van der Waals surface area contributed by atoms with Crippen LogP contribution in [-0.4, -0.2) is 32.8 Å². The first-order chi connectivity index (χ1) is 14.6. The zero-order chi connectivity index (χ0) is 20.3. The Morgan fingerprint density at radius 1 is 1.27 bits per heavy atom. The Kier molecular flexibility index (Phi) is 4.43. The van der Waals surface area contributed by atoms with Crippen molar-refractivity contribution in [2.24, 2.45) is 0 Å². The van der Waals surface area contributed by atoms with Crippen molar-refractivity contribution in [2.45, 2.75) is 50.2 Å². The molecule has 0 aliphatic carbocycles. The molecule has 2 N–H and O–H groups in total. The molecular formula is C21H24N6OS2. The van der Waals surface area contributed by atoms with Gasteiger partial charge in [0.1, 0.15) is 11.2 Å². The Morgan fingerprint density at radius 2 is 2.13 bits per heavy atom. The third kappa shape index (κ3) is 2.99. The van der Waals surface area contributed by atoms with E-state index < -0.39 is 0 Å². The number of anilines is 1. The maximum Gasteiger partial charge on any atom is 0.249 e. The molecule has 0 amide bonds. The van der Waals surface area contributed by atoms with Gasteiger partial charge in [-0.15, -0.1) is 21.5 Å². The van der Waals surface area contributed by atoms with Crippen LogP contribution >= 0.6 is 23.1 Å². The van der Waals surface area contributed by atoms with E-state index in [1.54, 1.807) is 11.8 Å². The molecule has 0 spiro atoms. The summed E-state index contributed by atoms with van der Waals surface area (Å²) in [4.78, 5) is 1.33. The summed E-state index contributed by atoms with van der Waals surface area (Å²) in [6, 6.07) is 10.6. The molecule has 5 heterocycles. The average Bonchev–Trinajstić information content (AvgIpc) is 3.44. The molecule has 1 aromatic carbocycles. The van der Waals surface area contributed by atoms with Crippen LogP contribution in [-0.2, 0) is 24.2 Å². The lowest BCUT2D eigenvalue weighted by Crippen LogP contribution is -2.40. The predicted octanol–water partition coefficient (Wildman–Crippen LogP) is 3.40. The van der Waals surface area contributed by atoms with Gasteiger partial charge in [0.15, 0.2) is 5.16 Å². The van der Waals surface area contributed by atoms with E-state index in [1.165, 1.54) is 26.6 Å². The van der Waals surface area contributed by atoms with Gasteiger partial charge in [0, 0.05) is 22.6 Å². The van der Waals surface area contributed by atoms with Crippen LogP contribution in [0.15, 0.2) is 35.5 Å². The van der Waals surface area contributed by atoms with E-state index in [-0.39, 0.29) is 11.8 Å². The highest BCUT2D eigenvalue weighted by Crippen LogP contribution is 2.48. The van der Waals surface area contributed by atoms with E-state index in [4.69, 9.17) is 4.74 Å². The predicted molar refractivity (Wildman–Crippen MR) is 119 cm³/mol. The normalized spacial score (nSPS) is 21.1. The molecule has 3 aromatic rings. The van der Waals surface area contributed by atoms with Crippen LogP contribution in [0, 0.1) is 0 Å². The van der Waals surface area contributed by atoms with Crippen molar-refractivity contribution in [2.75, 3.05) is 17.4 Å². The molecule has 7 nitrogen and oxygen atoms in total. The number of aryl methyl sites for hydroxylation is 1. The second-order valence-electron chi connectivity index (χ2n) is 8.46. The van der Waals surface area contributed by atoms with Gasteiger partial charge in [-0.3, -0.25) is 10.3 Å². The second kappa shape index (κ2) is 7.06. The molecule has 2 aromatic heterocycles. The van der Waals surface area contributed by atoms with Crippen LogP contribution in [0.4, 0.5) is 5.95 Å². The zero-order valence-electron chi connectivity index (χ0n) is 17.0. The van der Waals surface area contributed by atoms with Crippen LogP contribution in [0.25, 0.3) is 5.00 Å². The third-order valence-corrected chi connectivity index (χ3v) is 8.02. The quantitative estimate of drug-likeness (QED) is 0.603. The van der Waals surface area contributed by atoms with Crippen LogP contribution in [0.3, 0.4) is 0 Å². The summed E-state index contributed by atoms with van der Waals surface area (Å²) in [5.41, 5.74) is 7.42. The molecular weight excluding hydrogens is 416 g/mol. The number of nitrogens with one attached hydrogen (secondary N) is 2. The van der Waals surface area contributed by atoms with Crippen LogP contribution in [0.1, 0.15) is 41.6 Å². The molecule has 3 aliphatic heterocycles. The lowest BCUT2D eigenvalue weighted by Gasteiger charge is -2.34. The summed E-state index contributed by atoms with van der Waals surface area (Å²) in [6.07, 6.45) is 2.02. The van der Waals surface area contributed by atoms with E-state index in [0.717, 1.165) is 36.4 Å². The number of rotatable bonds is 4. The molecule has 156 valence electrons. The van der Waals surface area contributed by atoms with Crippen molar-refractivity contribution < 1.29 is 4.74 Å². The fraction of sp³-hybridized carbons (Fsp3) is 0.429. The molecule has 0 bridgehead atoms. The average molecular weight is 441 g/mol. The molecule has 1 fully saturated rings. The van der Waals surface area contributed by atoms with E-state index in [0.29, 0.717) is 6.61 Å². The molecule has 6 rings (SSSR count). The number of benzene rings is 1. The van der Waals surface area contributed by atoms with Gasteiger partial charge in [-0.05, 0) is 31.4 Å². The minimum Gasteiger partial charge on any atom is -0.370 e. The van der Waals surface area contributed by atoms with E-state index >= 15 is 0 Å². The van der Waals surface area contributed by atoms with Gasteiger partial charge in [0.05, 0.1) is 18.9 Å². The molecule has 30 heavy (non-hydrogen) atoms. The number of thiophene rings is 1. The van der Waals surface area contributed by atoms with Crippen molar-refractivity contribution in [3.63, 3.8) is 0 Å². The number of hydrogen-bond acceptors (Lipinski definition) is 8. The first-order valence-corrected chi connectivity index (χ1v) is 12.1. The highest BCUT2D eigenvalue weighted by Gasteiger charge is 2.43. The lowest BCUT2D eigenvalue weighted by atomic mass is 9.92. The standard InChI is InChI=1S/C21H24N6OS2/c1-21(2)10-14-15(11-28-21)30-18-16(14)17-22-12-23-27(17)19-24-25-20(26(18)19)29-9-8-13-6-4-3-5-7-13/h3-7,17,22-23H,8-12H2,1-2H3. The van der Waals surface area contributed by atoms with Crippen molar-refractivity contribution in [1.82, 2.24) is 25.5 Å². The van der Waals surface area contributed by atoms with Gasteiger partial charge in [-0.2, -0.15) is 0 Å². The number of hydrazine groups is 1. The highest BCUT2D eigenvalue weighted by atomic mass is 32.2. The second-order valence-corrected chi connectivity index (χ2v) is 10.6. The summed E-state index contributed by atoms with van der Waals surface area (Å²) >= 11 is 3.60. The number of fused-ring (bicyclic) bond motifs is 8. The fourth-order valence-corrected chi connectivity index (χ4v) is 6.67. The SMILES string of the molecule is CC1(C)Cc2c(sc3c2C2NCNN2c2nnc(SCCc4ccccc4)n2-3)CO1. The van der Waals surface area contributed by atoms with Gasteiger partial charge >= 0.3 is 0 Å². The maximum absolute atomic E-state index is 6.11. The van der Waals surface area contributed by atoms with Gasteiger partial charge < -0.3 is 4.74 Å². The summed E-state index contributed by atoms with van der Waals surface area (Å²) in [5.74, 6) is 1.83. The Balaban J connectivity index is 1.37. The van der Waals surface area contributed by atoms with E-state index in [2.05, 4.69) is 74.7 Å². The number of ether oxygens (including phenoxy) is 1.